The Morgan fingerprint density at radius 2 is 1.86 bits per heavy atom. The third-order valence-corrected chi connectivity index (χ3v) is 4.24. The van der Waals surface area contributed by atoms with Crippen molar-refractivity contribution >= 4 is 11.9 Å². The highest BCUT2D eigenvalue weighted by atomic mass is 16.5. The monoisotopic (exact) mass is 288 g/mol. The number of amides is 3. The number of ether oxygens (including phenoxy) is 1. The SMILES string of the molecule is O=C1NC2(CCCC2)C(=O)N1CCCOc1ccccc1. The van der Waals surface area contributed by atoms with Gasteiger partial charge in [0.15, 0.2) is 0 Å². The van der Waals surface area contributed by atoms with Crippen molar-refractivity contribution in [2.75, 3.05) is 13.2 Å². The van der Waals surface area contributed by atoms with E-state index in [1.165, 1.54) is 4.90 Å². The van der Waals surface area contributed by atoms with E-state index in [4.69, 9.17) is 4.74 Å². The number of hydrogen-bond donors (Lipinski definition) is 1. The molecule has 0 radical (unpaired) electrons. The van der Waals surface area contributed by atoms with Gasteiger partial charge in [-0.1, -0.05) is 31.0 Å². The normalized spacial score (nSPS) is 20.1. The zero-order chi connectivity index (χ0) is 14.7. The minimum atomic E-state index is -0.600. The second kappa shape index (κ2) is 5.76. The molecule has 1 aliphatic heterocycles. The second-order valence-corrected chi connectivity index (χ2v) is 5.69. The molecule has 1 spiro atoms. The molecular weight excluding hydrogens is 268 g/mol. The highest BCUT2D eigenvalue weighted by Crippen LogP contribution is 2.34. The standard InChI is InChI=1S/C16H20N2O3/c19-14-16(9-4-5-10-16)17-15(20)18(14)11-6-12-21-13-7-2-1-3-8-13/h1-3,7-8H,4-6,9-12H2,(H,17,20). The summed E-state index contributed by atoms with van der Waals surface area (Å²) in [7, 11) is 0. The lowest BCUT2D eigenvalue weighted by Crippen LogP contribution is -2.44. The molecule has 3 rings (SSSR count). The Morgan fingerprint density at radius 1 is 1.14 bits per heavy atom. The Balaban J connectivity index is 1.49. The van der Waals surface area contributed by atoms with Gasteiger partial charge < -0.3 is 10.1 Å². The molecule has 0 aromatic heterocycles. The van der Waals surface area contributed by atoms with Crippen molar-refractivity contribution in [3.8, 4) is 5.75 Å². The average Bonchev–Trinajstić information content (AvgIpc) is 3.05. The molecule has 0 bridgehead atoms. The van der Waals surface area contributed by atoms with Crippen LogP contribution < -0.4 is 10.1 Å². The summed E-state index contributed by atoms with van der Waals surface area (Å²) in [6.07, 6.45) is 4.21. The minimum absolute atomic E-state index is 0.0512. The topological polar surface area (TPSA) is 58.6 Å². The Morgan fingerprint density at radius 3 is 2.57 bits per heavy atom. The van der Waals surface area contributed by atoms with E-state index in [9.17, 15) is 9.59 Å². The van der Waals surface area contributed by atoms with Crippen LogP contribution in [0.25, 0.3) is 0 Å². The molecule has 0 atom stereocenters. The molecule has 5 heteroatoms. The number of para-hydroxylation sites is 1. The number of hydrogen-bond acceptors (Lipinski definition) is 3. The van der Waals surface area contributed by atoms with E-state index < -0.39 is 5.54 Å². The number of rotatable bonds is 5. The Bertz CT molecular complexity index is 524. The Labute approximate surface area is 124 Å². The van der Waals surface area contributed by atoms with Crippen molar-refractivity contribution in [3.63, 3.8) is 0 Å². The second-order valence-electron chi connectivity index (χ2n) is 5.69. The summed E-state index contributed by atoms with van der Waals surface area (Å²) < 4.78 is 5.58. The van der Waals surface area contributed by atoms with Crippen molar-refractivity contribution < 1.29 is 14.3 Å². The van der Waals surface area contributed by atoms with Crippen LogP contribution in [0.1, 0.15) is 32.1 Å². The molecule has 1 saturated carbocycles. The van der Waals surface area contributed by atoms with Gasteiger partial charge in [0.25, 0.3) is 5.91 Å². The molecule has 1 aromatic carbocycles. The van der Waals surface area contributed by atoms with E-state index in [0.717, 1.165) is 31.4 Å². The molecule has 3 amide bonds. The molecule has 5 nitrogen and oxygen atoms in total. The van der Waals surface area contributed by atoms with Gasteiger partial charge in [-0.3, -0.25) is 9.69 Å². The van der Waals surface area contributed by atoms with E-state index >= 15 is 0 Å². The summed E-state index contributed by atoms with van der Waals surface area (Å²) in [6, 6.07) is 9.29. The quantitative estimate of drug-likeness (QED) is 0.668. The first-order chi connectivity index (χ1) is 10.2. The minimum Gasteiger partial charge on any atom is -0.494 e. The third kappa shape index (κ3) is 2.73. The predicted molar refractivity (Wildman–Crippen MR) is 78.0 cm³/mol. The van der Waals surface area contributed by atoms with Crippen LogP contribution >= 0.6 is 0 Å². The van der Waals surface area contributed by atoms with Crippen molar-refractivity contribution in [2.45, 2.75) is 37.6 Å². The van der Waals surface area contributed by atoms with Crippen LogP contribution in [0.3, 0.4) is 0 Å². The summed E-state index contributed by atoms with van der Waals surface area (Å²) in [4.78, 5) is 25.7. The number of nitrogens with zero attached hydrogens (tertiary/aromatic N) is 1. The largest absolute Gasteiger partial charge is 0.494 e. The van der Waals surface area contributed by atoms with Crippen LogP contribution in [0.15, 0.2) is 30.3 Å². The summed E-state index contributed by atoms with van der Waals surface area (Å²) in [5.41, 5.74) is -0.600. The fourth-order valence-corrected chi connectivity index (χ4v) is 3.13. The zero-order valence-corrected chi connectivity index (χ0v) is 12.0. The summed E-state index contributed by atoms with van der Waals surface area (Å²) in [6.45, 7) is 0.910. The number of benzene rings is 1. The smallest absolute Gasteiger partial charge is 0.325 e. The lowest BCUT2D eigenvalue weighted by molar-refractivity contribution is -0.131. The van der Waals surface area contributed by atoms with Gasteiger partial charge in [-0.15, -0.1) is 0 Å². The van der Waals surface area contributed by atoms with Gasteiger partial charge in [0.05, 0.1) is 6.61 Å². The first-order valence-electron chi connectivity index (χ1n) is 7.53. The van der Waals surface area contributed by atoms with Gasteiger partial charge in [-0.05, 0) is 31.4 Å². The van der Waals surface area contributed by atoms with Gasteiger partial charge in [0.2, 0.25) is 0 Å². The molecule has 1 N–H and O–H groups in total. The van der Waals surface area contributed by atoms with Gasteiger partial charge in [0.1, 0.15) is 11.3 Å². The van der Waals surface area contributed by atoms with Crippen LogP contribution in [0, 0.1) is 0 Å². The zero-order valence-electron chi connectivity index (χ0n) is 12.0. The van der Waals surface area contributed by atoms with Gasteiger partial charge in [0, 0.05) is 6.54 Å². The number of nitrogens with one attached hydrogen (secondary N) is 1. The number of carbonyl (C=O) groups excluding carboxylic acids is 2. The number of urea groups is 1. The van der Waals surface area contributed by atoms with Gasteiger partial charge >= 0.3 is 6.03 Å². The molecule has 1 aromatic rings. The van der Waals surface area contributed by atoms with E-state index in [-0.39, 0.29) is 11.9 Å². The molecule has 2 fully saturated rings. The third-order valence-electron chi connectivity index (χ3n) is 4.24. The van der Waals surface area contributed by atoms with Crippen LogP contribution in [-0.4, -0.2) is 35.5 Å². The predicted octanol–water partition coefficient (Wildman–Crippen LogP) is 2.32. The van der Waals surface area contributed by atoms with E-state index in [1.807, 2.05) is 30.3 Å². The summed E-state index contributed by atoms with van der Waals surface area (Å²) in [5.74, 6) is 0.756. The average molecular weight is 288 g/mol. The maximum Gasteiger partial charge on any atom is 0.325 e. The Hall–Kier alpha value is -2.04. The molecule has 2 aliphatic rings. The fraction of sp³-hybridized carbons (Fsp3) is 0.500. The first kappa shape index (κ1) is 13.9. The highest BCUT2D eigenvalue weighted by molar-refractivity contribution is 6.07. The Kier molecular flexibility index (Phi) is 3.82. The first-order valence-corrected chi connectivity index (χ1v) is 7.53. The van der Waals surface area contributed by atoms with Crippen molar-refractivity contribution in [2.24, 2.45) is 0 Å². The van der Waals surface area contributed by atoms with E-state index in [1.54, 1.807) is 0 Å². The van der Waals surface area contributed by atoms with Crippen LogP contribution in [-0.2, 0) is 4.79 Å². The van der Waals surface area contributed by atoms with Crippen LogP contribution in [0.4, 0.5) is 4.79 Å². The fourth-order valence-electron chi connectivity index (χ4n) is 3.13. The molecule has 21 heavy (non-hydrogen) atoms. The van der Waals surface area contributed by atoms with Gasteiger partial charge in [-0.2, -0.15) is 0 Å². The maximum absolute atomic E-state index is 12.4. The van der Waals surface area contributed by atoms with E-state index in [0.29, 0.717) is 19.6 Å². The lowest BCUT2D eigenvalue weighted by atomic mass is 9.98. The number of carbonyl (C=O) groups is 2. The molecule has 0 unspecified atom stereocenters. The molecule has 112 valence electrons. The van der Waals surface area contributed by atoms with Crippen molar-refractivity contribution in [1.82, 2.24) is 10.2 Å². The molecule has 1 aliphatic carbocycles. The molecule has 1 saturated heterocycles. The molecular formula is C16H20N2O3. The van der Waals surface area contributed by atoms with Gasteiger partial charge in [-0.25, -0.2) is 4.79 Å². The summed E-state index contributed by atoms with van der Waals surface area (Å²) in [5, 5.41) is 2.88. The lowest BCUT2D eigenvalue weighted by Gasteiger charge is -2.20. The maximum atomic E-state index is 12.4. The van der Waals surface area contributed by atoms with Crippen LogP contribution in [0.2, 0.25) is 0 Å². The summed E-state index contributed by atoms with van der Waals surface area (Å²) >= 11 is 0. The van der Waals surface area contributed by atoms with Crippen molar-refractivity contribution in [1.29, 1.82) is 0 Å². The van der Waals surface area contributed by atoms with Crippen LogP contribution in [0.5, 0.6) is 5.75 Å². The highest BCUT2D eigenvalue weighted by Gasteiger charge is 2.51. The number of imide groups is 1. The van der Waals surface area contributed by atoms with E-state index in [2.05, 4.69) is 5.32 Å². The molecule has 1 heterocycles. The van der Waals surface area contributed by atoms with Crippen molar-refractivity contribution in [3.05, 3.63) is 30.3 Å².